The number of hydrogen-bond donors (Lipinski definition) is 1. The first-order valence-corrected chi connectivity index (χ1v) is 8.54. The van der Waals surface area contributed by atoms with Gasteiger partial charge in [-0.05, 0) is 54.1 Å². The van der Waals surface area contributed by atoms with Gasteiger partial charge in [0.1, 0.15) is 0 Å². The molecule has 0 fully saturated rings. The molecule has 0 bridgehead atoms. The quantitative estimate of drug-likeness (QED) is 0.490. The standard InChI is InChI=1S/C21H16Cl2N2/c22-18-6-10-20(11-7-18)24-14-17(16-4-2-1-3-5-16)15-25-21-12-8-19(23)9-13-21/h1-15,24H/b17-14-,25-15?. The first-order valence-electron chi connectivity index (χ1n) is 7.78. The molecule has 0 aromatic heterocycles. The molecule has 0 aliphatic rings. The summed E-state index contributed by atoms with van der Waals surface area (Å²) in [5.74, 6) is 0. The zero-order valence-electron chi connectivity index (χ0n) is 13.4. The van der Waals surface area contributed by atoms with E-state index < -0.39 is 0 Å². The van der Waals surface area contributed by atoms with Crippen LogP contribution in [0.5, 0.6) is 0 Å². The minimum Gasteiger partial charge on any atom is -0.361 e. The molecule has 0 saturated carbocycles. The Bertz CT molecular complexity index is 868. The summed E-state index contributed by atoms with van der Waals surface area (Å²) in [6.07, 6.45) is 3.76. The topological polar surface area (TPSA) is 24.4 Å². The molecule has 2 nitrogen and oxygen atoms in total. The summed E-state index contributed by atoms with van der Waals surface area (Å²) in [6, 6.07) is 25.1. The molecule has 3 aromatic rings. The van der Waals surface area contributed by atoms with Gasteiger partial charge in [0.15, 0.2) is 0 Å². The highest BCUT2D eigenvalue weighted by atomic mass is 35.5. The smallest absolute Gasteiger partial charge is 0.0630 e. The monoisotopic (exact) mass is 366 g/mol. The van der Waals surface area contributed by atoms with E-state index in [9.17, 15) is 0 Å². The van der Waals surface area contributed by atoms with Gasteiger partial charge in [-0.2, -0.15) is 0 Å². The Morgan fingerprint density at radius 2 is 1.36 bits per heavy atom. The number of halogens is 2. The molecule has 0 amide bonds. The van der Waals surface area contributed by atoms with Gasteiger partial charge in [-0.15, -0.1) is 0 Å². The van der Waals surface area contributed by atoms with Crippen molar-refractivity contribution in [3.05, 3.63) is 101 Å². The zero-order chi connectivity index (χ0) is 17.5. The number of benzene rings is 3. The van der Waals surface area contributed by atoms with Crippen molar-refractivity contribution in [1.82, 2.24) is 0 Å². The van der Waals surface area contributed by atoms with Gasteiger partial charge < -0.3 is 5.32 Å². The number of rotatable bonds is 5. The lowest BCUT2D eigenvalue weighted by molar-refractivity contribution is 1.53. The van der Waals surface area contributed by atoms with Crippen LogP contribution in [-0.2, 0) is 0 Å². The molecule has 0 spiro atoms. The summed E-state index contributed by atoms with van der Waals surface area (Å²) >= 11 is 11.8. The summed E-state index contributed by atoms with van der Waals surface area (Å²) in [7, 11) is 0. The molecule has 0 saturated heterocycles. The Morgan fingerprint density at radius 1 is 0.760 bits per heavy atom. The number of hydrogen-bond acceptors (Lipinski definition) is 2. The molecule has 3 aromatic carbocycles. The molecule has 1 N–H and O–H groups in total. The maximum absolute atomic E-state index is 5.93. The van der Waals surface area contributed by atoms with E-state index in [4.69, 9.17) is 23.2 Å². The van der Waals surface area contributed by atoms with Crippen LogP contribution in [0.2, 0.25) is 10.0 Å². The van der Waals surface area contributed by atoms with Gasteiger partial charge in [0.2, 0.25) is 0 Å². The van der Waals surface area contributed by atoms with Gasteiger partial charge in [0.05, 0.1) is 5.69 Å². The van der Waals surface area contributed by atoms with E-state index in [-0.39, 0.29) is 0 Å². The highest BCUT2D eigenvalue weighted by molar-refractivity contribution is 6.30. The second kappa shape index (κ2) is 8.52. The molecule has 0 unspecified atom stereocenters. The molecule has 0 atom stereocenters. The molecule has 124 valence electrons. The molecule has 0 heterocycles. The van der Waals surface area contributed by atoms with Crippen LogP contribution in [0.3, 0.4) is 0 Å². The predicted molar refractivity (Wildman–Crippen MR) is 109 cm³/mol. The van der Waals surface area contributed by atoms with E-state index >= 15 is 0 Å². The van der Waals surface area contributed by atoms with Gasteiger partial charge in [-0.1, -0.05) is 53.5 Å². The van der Waals surface area contributed by atoms with E-state index in [2.05, 4.69) is 10.3 Å². The van der Waals surface area contributed by atoms with Crippen LogP contribution >= 0.6 is 23.2 Å². The third-order valence-corrected chi connectivity index (χ3v) is 4.03. The molecule has 0 aliphatic carbocycles. The number of anilines is 1. The molecule has 4 heteroatoms. The fourth-order valence-corrected chi connectivity index (χ4v) is 2.46. The average molecular weight is 367 g/mol. The minimum absolute atomic E-state index is 0.696. The fraction of sp³-hybridized carbons (Fsp3) is 0. The Hall–Kier alpha value is -2.55. The van der Waals surface area contributed by atoms with Gasteiger partial charge in [0, 0.05) is 33.7 Å². The van der Waals surface area contributed by atoms with E-state index in [1.54, 1.807) is 0 Å². The van der Waals surface area contributed by atoms with Crippen LogP contribution < -0.4 is 5.32 Å². The molecule has 25 heavy (non-hydrogen) atoms. The SMILES string of the molecule is Clc1ccc(N=C/C(=C/Nc2ccc(Cl)cc2)c2ccccc2)cc1. The summed E-state index contributed by atoms with van der Waals surface area (Å²) < 4.78 is 0. The Balaban J connectivity index is 1.85. The van der Waals surface area contributed by atoms with Gasteiger partial charge >= 0.3 is 0 Å². The lowest BCUT2D eigenvalue weighted by atomic mass is 10.1. The third-order valence-electron chi connectivity index (χ3n) is 3.53. The number of nitrogens with zero attached hydrogens (tertiary/aromatic N) is 1. The lowest BCUT2D eigenvalue weighted by Crippen LogP contribution is -1.93. The van der Waals surface area contributed by atoms with Crippen LogP contribution in [0.1, 0.15) is 5.56 Å². The van der Waals surface area contributed by atoms with Crippen LogP contribution in [0.15, 0.2) is 90.1 Å². The first-order chi connectivity index (χ1) is 12.2. The average Bonchev–Trinajstić information content (AvgIpc) is 2.65. The van der Waals surface area contributed by atoms with Crippen LogP contribution in [0.25, 0.3) is 5.57 Å². The largest absolute Gasteiger partial charge is 0.361 e. The van der Waals surface area contributed by atoms with E-state index in [1.807, 2.05) is 91.3 Å². The third kappa shape index (κ3) is 5.21. The summed E-state index contributed by atoms with van der Waals surface area (Å²) in [6.45, 7) is 0. The van der Waals surface area contributed by atoms with E-state index in [1.165, 1.54) is 0 Å². The van der Waals surface area contributed by atoms with E-state index in [0.717, 1.165) is 22.5 Å². The van der Waals surface area contributed by atoms with Gasteiger partial charge in [-0.25, -0.2) is 0 Å². The van der Waals surface area contributed by atoms with Crippen molar-refractivity contribution in [1.29, 1.82) is 0 Å². The van der Waals surface area contributed by atoms with Crippen molar-refractivity contribution in [2.75, 3.05) is 5.32 Å². The zero-order valence-corrected chi connectivity index (χ0v) is 14.9. The molecule has 0 aliphatic heterocycles. The Kier molecular flexibility index (Phi) is 5.89. The van der Waals surface area contributed by atoms with Crippen molar-refractivity contribution >= 4 is 46.4 Å². The molecular weight excluding hydrogens is 351 g/mol. The Labute approximate surface area is 157 Å². The van der Waals surface area contributed by atoms with Gasteiger partial charge in [0.25, 0.3) is 0 Å². The molecule has 3 rings (SSSR count). The highest BCUT2D eigenvalue weighted by Crippen LogP contribution is 2.19. The van der Waals surface area contributed by atoms with Crippen molar-refractivity contribution in [3.63, 3.8) is 0 Å². The molecular formula is C21H16Cl2N2. The maximum atomic E-state index is 5.93. The van der Waals surface area contributed by atoms with E-state index in [0.29, 0.717) is 10.0 Å². The number of nitrogens with one attached hydrogen (secondary N) is 1. The second-order valence-corrected chi connectivity index (χ2v) is 6.22. The normalized spacial score (nSPS) is 11.7. The fourth-order valence-electron chi connectivity index (χ4n) is 2.20. The van der Waals surface area contributed by atoms with Crippen LogP contribution in [0.4, 0.5) is 11.4 Å². The van der Waals surface area contributed by atoms with Gasteiger partial charge in [-0.3, -0.25) is 4.99 Å². The van der Waals surface area contributed by atoms with Crippen molar-refractivity contribution in [2.24, 2.45) is 4.99 Å². The Morgan fingerprint density at radius 3 is 2.00 bits per heavy atom. The summed E-state index contributed by atoms with van der Waals surface area (Å²) in [5, 5.41) is 4.69. The summed E-state index contributed by atoms with van der Waals surface area (Å²) in [4.78, 5) is 4.54. The van der Waals surface area contributed by atoms with Crippen molar-refractivity contribution in [2.45, 2.75) is 0 Å². The van der Waals surface area contributed by atoms with Crippen LogP contribution in [0, 0.1) is 0 Å². The minimum atomic E-state index is 0.696. The lowest BCUT2D eigenvalue weighted by Gasteiger charge is -2.05. The predicted octanol–water partition coefficient (Wildman–Crippen LogP) is 6.85. The maximum Gasteiger partial charge on any atom is 0.0630 e. The second-order valence-electron chi connectivity index (χ2n) is 5.35. The first kappa shape index (κ1) is 17.3. The number of allylic oxidation sites excluding steroid dienone is 1. The van der Waals surface area contributed by atoms with Crippen molar-refractivity contribution < 1.29 is 0 Å². The molecule has 0 radical (unpaired) electrons. The summed E-state index contributed by atoms with van der Waals surface area (Å²) in [5.41, 5.74) is 3.84. The number of aliphatic imine (C=N–C) groups is 1. The highest BCUT2D eigenvalue weighted by Gasteiger charge is 1.99. The van der Waals surface area contributed by atoms with Crippen LogP contribution in [-0.4, -0.2) is 6.21 Å². The van der Waals surface area contributed by atoms with Crippen molar-refractivity contribution in [3.8, 4) is 0 Å².